The second-order valence-electron chi connectivity index (χ2n) is 5.99. The van der Waals surface area contributed by atoms with Crippen molar-refractivity contribution >= 4 is 33.1 Å². The van der Waals surface area contributed by atoms with Gasteiger partial charge in [0.1, 0.15) is 11.5 Å². The van der Waals surface area contributed by atoms with Crippen LogP contribution in [0, 0.1) is 13.8 Å². The number of benzene rings is 2. The lowest BCUT2D eigenvalue weighted by Gasteiger charge is -2.13. The van der Waals surface area contributed by atoms with E-state index >= 15 is 0 Å². The Bertz CT molecular complexity index is 1050. The van der Waals surface area contributed by atoms with E-state index in [2.05, 4.69) is 70.4 Å². The van der Waals surface area contributed by atoms with Crippen LogP contribution in [0.25, 0.3) is 16.9 Å². The first-order chi connectivity index (χ1) is 12.1. The number of halogens is 1. The Hall–Kier alpha value is -2.66. The van der Waals surface area contributed by atoms with Gasteiger partial charge in [0.05, 0.1) is 6.20 Å². The van der Waals surface area contributed by atoms with Gasteiger partial charge >= 0.3 is 0 Å². The average molecular weight is 393 g/mol. The number of fused-ring (bicyclic) bond motifs is 1. The van der Waals surface area contributed by atoms with E-state index in [1.807, 2.05) is 22.7 Å². The largest absolute Gasteiger partial charge is 0.339 e. The van der Waals surface area contributed by atoms with Crippen molar-refractivity contribution in [2.24, 2.45) is 0 Å². The normalized spacial score (nSPS) is 11.0. The molecule has 25 heavy (non-hydrogen) atoms. The number of hydrogen-bond acceptors (Lipinski definition) is 3. The molecule has 0 saturated carbocycles. The van der Waals surface area contributed by atoms with Crippen molar-refractivity contribution in [2.45, 2.75) is 13.8 Å². The lowest BCUT2D eigenvalue weighted by molar-refractivity contribution is 1.13. The molecule has 2 heterocycles. The average Bonchev–Trinajstić information content (AvgIpc) is 2.98. The summed E-state index contributed by atoms with van der Waals surface area (Å²) in [6.07, 6.45) is 5.48. The minimum Gasteiger partial charge on any atom is -0.339 e. The van der Waals surface area contributed by atoms with Gasteiger partial charge in [0.15, 0.2) is 5.65 Å². The van der Waals surface area contributed by atoms with E-state index in [-0.39, 0.29) is 0 Å². The van der Waals surface area contributed by atoms with Crippen LogP contribution in [0.4, 0.5) is 11.5 Å². The summed E-state index contributed by atoms with van der Waals surface area (Å²) >= 11 is 3.49. The van der Waals surface area contributed by atoms with Crippen LogP contribution >= 0.6 is 15.9 Å². The fraction of sp³-hybridized carbons (Fsp3) is 0.100. The lowest BCUT2D eigenvalue weighted by Crippen LogP contribution is -1.99. The second-order valence-corrected chi connectivity index (χ2v) is 6.91. The highest BCUT2D eigenvalue weighted by molar-refractivity contribution is 9.10. The van der Waals surface area contributed by atoms with Crippen molar-refractivity contribution in [1.82, 2.24) is 14.4 Å². The van der Waals surface area contributed by atoms with Gasteiger partial charge in [-0.1, -0.05) is 40.2 Å². The Balaban J connectivity index is 1.90. The third kappa shape index (κ3) is 2.91. The molecule has 0 radical (unpaired) electrons. The first-order valence-electron chi connectivity index (χ1n) is 8.05. The van der Waals surface area contributed by atoms with Gasteiger partial charge in [0.25, 0.3) is 0 Å². The molecular formula is C20H17BrN4. The van der Waals surface area contributed by atoms with Gasteiger partial charge in [-0.15, -0.1) is 0 Å². The monoisotopic (exact) mass is 392 g/mol. The Morgan fingerprint density at radius 1 is 1.04 bits per heavy atom. The van der Waals surface area contributed by atoms with E-state index in [0.29, 0.717) is 0 Å². The van der Waals surface area contributed by atoms with E-state index in [9.17, 15) is 0 Å². The van der Waals surface area contributed by atoms with Gasteiger partial charge in [-0.2, -0.15) is 0 Å². The first kappa shape index (κ1) is 15.8. The fourth-order valence-electron chi connectivity index (χ4n) is 2.85. The Kier molecular flexibility index (Phi) is 4.01. The number of rotatable bonds is 3. The SMILES string of the molecule is Cc1cccc(Nc2c(-c3ccc(Br)cc3)nc3cnccn23)c1C. The fourth-order valence-corrected chi connectivity index (χ4v) is 3.11. The number of nitrogens with zero attached hydrogens (tertiary/aromatic N) is 3. The number of nitrogens with one attached hydrogen (secondary N) is 1. The van der Waals surface area contributed by atoms with E-state index in [4.69, 9.17) is 4.98 Å². The molecule has 124 valence electrons. The van der Waals surface area contributed by atoms with Crippen molar-refractivity contribution in [2.75, 3.05) is 5.32 Å². The molecule has 0 spiro atoms. The summed E-state index contributed by atoms with van der Waals surface area (Å²) < 4.78 is 3.08. The lowest BCUT2D eigenvalue weighted by atomic mass is 10.1. The van der Waals surface area contributed by atoms with E-state index in [1.54, 1.807) is 12.4 Å². The molecule has 2 aromatic carbocycles. The van der Waals surface area contributed by atoms with Gasteiger partial charge in [0.2, 0.25) is 0 Å². The summed E-state index contributed by atoms with van der Waals surface area (Å²) in [4.78, 5) is 8.98. The maximum absolute atomic E-state index is 4.78. The molecule has 0 atom stereocenters. The molecule has 0 saturated heterocycles. The standard InChI is InChI=1S/C20H17BrN4/c1-13-4-3-5-17(14(13)2)23-20-19(15-6-8-16(21)9-7-15)24-18-12-22-10-11-25(18)20/h3-12,23H,1-2H3. The minimum atomic E-state index is 0.813. The molecule has 1 N–H and O–H groups in total. The highest BCUT2D eigenvalue weighted by Gasteiger charge is 2.15. The third-order valence-electron chi connectivity index (χ3n) is 4.41. The van der Waals surface area contributed by atoms with Crippen LogP contribution < -0.4 is 5.32 Å². The molecule has 0 bridgehead atoms. The van der Waals surface area contributed by atoms with Crippen molar-refractivity contribution in [3.63, 3.8) is 0 Å². The maximum atomic E-state index is 4.78. The molecule has 5 heteroatoms. The number of aromatic nitrogens is 3. The molecule has 0 fully saturated rings. The van der Waals surface area contributed by atoms with Crippen LogP contribution in [0.1, 0.15) is 11.1 Å². The van der Waals surface area contributed by atoms with Crippen LogP contribution in [-0.2, 0) is 0 Å². The molecule has 2 aromatic heterocycles. The summed E-state index contributed by atoms with van der Waals surface area (Å²) in [7, 11) is 0. The highest BCUT2D eigenvalue weighted by atomic mass is 79.9. The predicted molar refractivity (Wildman–Crippen MR) is 105 cm³/mol. The minimum absolute atomic E-state index is 0.813. The molecule has 0 aliphatic rings. The van der Waals surface area contributed by atoms with Crippen molar-refractivity contribution in [3.8, 4) is 11.3 Å². The van der Waals surface area contributed by atoms with Gasteiger partial charge in [-0.25, -0.2) is 4.98 Å². The zero-order valence-electron chi connectivity index (χ0n) is 14.0. The molecule has 0 unspecified atom stereocenters. The molecule has 0 aliphatic carbocycles. The quantitative estimate of drug-likeness (QED) is 0.499. The number of anilines is 2. The van der Waals surface area contributed by atoms with Crippen molar-refractivity contribution < 1.29 is 0 Å². The van der Waals surface area contributed by atoms with E-state index < -0.39 is 0 Å². The van der Waals surface area contributed by atoms with Crippen LogP contribution in [0.15, 0.2) is 65.5 Å². The Morgan fingerprint density at radius 2 is 1.84 bits per heavy atom. The molecule has 4 aromatic rings. The predicted octanol–water partition coefficient (Wildman–Crippen LogP) is 5.52. The summed E-state index contributed by atoms with van der Waals surface area (Å²) in [6, 6.07) is 14.5. The summed E-state index contributed by atoms with van der Waals surface area (Å²) in [5, 5.41) is 3.58. The number of hydrogen-bond donors (Lipinski definition) is 1. The van der Waals surface area contributed by atoms with Crippen LogP contribution in [0.3, 0.4) is 0 Å². The highest BCUT2D eigenvalue weighted by Crippen LogP contribution is 2.32. The van der Waals surface area contributed by atoms with Crippen LogP contribution in [0.5, 0.6) is 0 Å². The Morgan fingerprint density at radius 3 is 2.64 bits per heavy atom. The van der Waals surface area contributed by atoms with Crippen LogP contribution in [0.2, 0.25) is 0 Å². The van der Waals surface area contributed by atoms with E-state index in [1.165, 1.54) is 11.1 Å². The molecular weight excluding hydrogens is 376 g/mol. The van der Waals surface area contributed by atoms with Gasteiger partial charge in [-0.05, 0) is 43.2 Å². The van der Waals surface area contributed by atoms with Crippen molar-refractivity contribution in [1.29, 1.82) is 0 Å². The second kappa shape index (κ2) is 6.33. The molecule has 0 aliphatic heterocycles. The van der Waals surface area contributed by atoms with Gasteiger partial charge < -0.3 is 5.32 Å². The summed E-state index contributed by atoms with van der Waals surface area (Å²) in [6.45, 7) is 4.25. The zero-order valence-corrected chi connectivity index (χ0v) is 15.6. The molecule has 4 rings (SSSR count). The number of imidazole rings is 1. The zero-order chi connectivity index (χ0) is 17.4. The van der Waals surface area contributed by atoms with Crippen LogP contribution in [-0.4, -0.2) is 14.4 Å². The summed E-state index contributed by atoms with van der Waals surface area (Å²) in [5.74, 6) is 0.938. The third-order valence-corrected chi connectivity index (χ3v) is 4.93. The molecule has 4 nitrogen and oxygen atoms in total. The topological polar surface area (TPSA) is 42.2 Å². The molecule has 0 amide bonds. The van der Waals surface area contributed by atoms with Gasteiger partial charge in [0, 0.05) is 28.1 Å². The van der Waals surface area contributed by atoms with Crippen molar-refractivity contribution in [3.05, 3.63) is 76.7 Å². The van der Waals surface area contributed by atoms with E-state index in [0.717, 1.165) is 32.9 Å². The smallest absolute Gasteiger partial charge is 0.157 e. The van der Waals surface area contributed by atoms with Gasteiger partial charge in [-0.3, -0.25) is 9.38 Å². The summed E-state index contributed by atoms with van der Waals surface area (Å²) in [5.41, 5.74) is 6.34. The number of aryl methyl sites for hydroxylation is 1. The Labute approximate surface area is 154 Å². The maximum Gasteiger partial charge on any atom is 0.157 e. The first-order valence-corrected chi connectivity index (χ1v) is 8.84.